The number of ether oxygens (including phenoxy) is 1. The van der Waals surface area contributed by atoms with E-state index in [1.54, 1.807) is 11.0 Å². The molecule has 0 aliphatic carbocycles. The van der Waals surface area contributed by atoms with Gasteiger partial charge in [-0.25, -0.2) is 9.78 Å². The lowest BCUT2D eigenvalue weighted by molar-refractivity contribution is 0.00700. The van der Waals surface area contributed by atoms with Crippen molar-refractivity contribution in [1.29, 1.82) is 0 Å². The maximum atomic E-state index is 12.6. The molecule has 0 unspecified atom stereocenters. The number of carbonyl (C=O) groups is 1. The molecule has 6 heteroatoms. The van der Waals surface area contributed by atoms with Crippen LogP contribution in [0.2, 0.25) is 0 Å². The van der Waals surface area contributed by atoms with Crippen LogP contribution >= 0.6 is 0 Å². The summed E-state index contributed by atoms with van der Waals surface area (Å²) in [6.45, 7) is 5.40. The third-order valence-corrected chi connectivity index (χ3v) is 3.87. The number of aryl methyl sites for hydroxylation is 2. The minimum atomic E-state index is -0.214. The van der Waals surface area contributed by atoms with Crippen LogP contribution in [0.4, 0.5) is 10.6 Å². The van der Waals surface area contributed by atoms with E-state index >= 15 is 0 Å². The van der Waals surface area contributed by atoms with Gasteiger partial charge >= 0.3 is 6.03 Å². The zero-order valence-corrected chi connectivity index (χ0v) is 13.4. The van der Waals surface area contributed by atoms with Gasteiger partial charge in [-0.05, 0) is 31.2 Å². The van der Waals surface area contributed by atoms with E-state index in [9.17, 15) is 4.79 Å². The Bertz CT molecular complexity index is 683. The van der Waals surface area contributed by atoms with Gasteiger partial charge in [0.1, 0.15) is 23.4 Å². The van der Waals surface area contributed by atoms with Crippen molar-refractivity contribution in [3.63, 3.8) is 0 Å². The molecule has 1 aliphatic rings. The highest BCUT2D eigenvalue weighted by Crippen LogP contribution is 2.26. The molecule has 1 atom stereocenters. The first-order valence-electron chi connectivity index (χ1n) is 7.85. The molecule has 1 aliphatic heterocycles. The van der Waals surface area contributed by atoms with Gasteiger partial charge in [-0.2, -0.15) is 0 Å². The largest absolute Gasteiger partial charge is 0.464 e. The molecule has 0 spiro atoms. The van der Waals surface area contributed by atoms with Gasteiger partial charge < -0.3 is 14.1 Å². The molecule has 0 saturated carbocycles. The molecule has 1 saturated heterocycles. The Kier molecular flexibility index (Phi) is 4.62. The smallest absolute Gasteiger partial charge is 0.323 e. The van der Waals surface area contributed by atoms with Gasteiger partial charge in [-0.1, -0.05) is 13.0 Å². The van der Waals surface area contributed by atoms with Crippen molar-refractivity contribution in [1.82, 2.24) is 9.88 Å². The third kappa shape index (κ3) is 3.53. The fourth-order valence-electron chi connectivity index (χ4n) is 2.64. The van der Waals surface area contributed by atoms with E-state index in [0.717, 1.165) is 23.6 Å². The first-order chi connectivity index (χ1) is 11.2. The Morgan fingerprint density at radius 3 is 3.00 bits per heavy atom. The molecule has 1 N–H and O–H groups in total. The summed E-state index contributed by atoms with van der Waals surface area (Å²) in [4.78, 5) is 18.7. The van der Waals surface area contributed by atoms with Gasteiger partial charge in [-0.3, -0.25) is 5.32 Å². The first-order valence-corrected chi connectivity index (χ1v) is 7.85. The minimum Gasteiger partial charge on any atom is -0.464 e. The Morgan fingerprint density at radius 2 is 2.26 bits per heavy atom. The van der Waals surface area contributed by atoms with Crippen LogP contribution in [-0.4, -0.2) is 35.7 Å². The van der Waals surface area contributed by atoms with E-state index in [1.165, 1.54) is 0 Å². The normalized spacial score (nSPS) is 18.0. The number of rotatable bonds is 3. The molecule has 2 aromatic rings. The number of furan rings is 1. The van der Waals surface area contributed by atoms with Crippen LogP contribution in [0.15, 0.2) is 34.7 Å². The molecule has 0 aromatic carbocycles. The maximum Gasteiger partial charge on any atom is 0.323 e. The van der Waals surface area contributed by atoms with Gasteiger partial charge in [0.25, 0.3) is 0 Å². The Morgan fingerprint density at radius 1 is 1.39 bits per heavy atom. The zero-order chi connectivity index (χ0) is 16.2. The monoisotopic (exact) mass is 315 g/mol. The summed E-state index contributed by atoms with van der Waals surface area (Å²) in [5, 5.41) is 2.85. The van der Waals surface area contributed by atoms with E-state index in [1.807, 2.05) is 38.1 Å². The number of urea groups is 1. The second kappa shape index (κ2) is 6.83. The lowest BCUT2D eigenvalue weighted by atomic mass is 10.2. The van der Waals surface area contributed by atoms with Crippen LogP contribution in [-0.2, 0) is 11.2 Å². The van der Waals surface area contributed by atoms with Crippen molar-refractivity contribution in [3.05, 3.63) is 47.5 Å². The van der Waals surface area contributed by atoms with E-state index in [2.05, 4.69) is 10.3 Å². The van der Waals surface area contributed by atoms with Crippen molar-refractivity contribution in [2.45, 2.75) is 26.3 Å². The molecular weight excluding hydrogens is 294 g/mol. The highest BCUT2D eigenvalue weighted by Gasteiger charge is 2.31. The number of carbonyl (C=O) groups excluding carboxylic acids is 1. The van der Waals surface area contributed by atoms with Crippen LogP contribution in [0, 0.1) is 6.92 Å². The standard InChI is InChI=1S/C17H21N3O3/c1-3-13-7-8-15(23-13)14-11-22-10-9-20(14)17(21)19-16-6-4-5-12(2)18-16/h4-8,14H,3,9-11H2,1-2H3,(H,18,19,21)/t14-/m0/s1. The predicted octanol–water partition coefficient (Wildman–Crippen LogP) is 3.15. The minimum absolute atomic E-state index is 0.189. The molecule has 2 amide bonds. The number of hydrogen-bond acceptors (Lipinski definition) is 4. The van der Waals surface area contributed by atoms with Gasteiger partial charge in [-0.15, -0.1) is 0 Å². The molecule has 1 fully saturated rings. The highest BCUT2D eigenvalue weighted by molar-refractivity contribution is 5.88. The average molecular weight is 315 g/mol. The predicted molar refractivity (Wildman–Crippen MR) is 86.3 cm³/mol. The molecule has 2 aromatic heterocycles. The van der Waals surface area contributed by atoms with Crippen molar-refractivity contribution >= 4 is 11.8 Å². The molecule has 23 heavy (non-hydrogen) atoms. The number of amides is 2. The summed E-state index contributed by atoms with van der Waals surface area (Å²) in [6.07, 6.45) is 0.826. The van der Waals surface area contributed by atoms with Crippen LogP contribution in [0.25, 0.3) is 0 Å². The lowest BCUT2D eigenvalue weighted by Gasteiger charge is -2.34. The number of aromatic nitrogens is 1. The number of nitrogens with one attached hydrogen (secondary N) is 1. The van der Waals surface area contributed by atoms with E-state index < -0.39 is 0 Å². The number of hydrogen-bond donors (Lipinski definition) is 1. The van der Waals surface area contributed by atoms with Gasteiger partial charge in [0.15, 0.2) is 0 Å². The van der Waals surface area contributed by atoms with Crippen LogP contribution in [0.3, 0.4) is 0 Å². The van der Waals surface area contributed by atoms with Crippen molar-refractivity contribution in [2.75, 3.05) is 25.1 Å². The van der Waals surface area contributed by atoms with Crippen LogP contribution in [0.1, 0.15) is 30.2 Å². The molecule has 122 valence electrons. The van der Waals surface area contributed by atoms with Crippen molar-refractivity contribution in [2.24, 2.45) is 0 Å². The average Bonchev–Trinajstić information content (AvgIpc) is 3.04. The Labute approximate surface area is 135 Å². The Balaban J connectivity index is 1.76. The van der Waals surface area contributed by atoms with E-state index in [-0.39, 0.29) is 12.1 Å². The van der Waals surface area contributed by atoms with E-state index in [0.29, 0.717) is 25.6 Å². The highest BCUT2D eigenvalue weighted by atomic mass is 16.5. The summed E-state index contributed by atoms with van der Waals surface area (Å²) < 4.78 is 11.3. The van der Waals surface area contributed by atoms with Gasteiger partial charge in [0.2, 0.25) is 0 Å². The maximum absolute atomic E-state index is 12.6. The summed E-state index contributed by atoms with van der Waals surface area (Å²) in [5.41, 5.74) is 0.861. The first kappa shape index (κ1) is 15.6. The van der Waals surface area contributed by atoms with Crippen LogP contribution < -0.4 is 5.32 Å². The second-order valence-electron chi connectivity index (χ2n) is 5.54. The lowest BCUT2D eigenvalue weighted by Crippen LogP contribution is -2.45. The molecule has 0 bridgehead atoms. The molecule has 3 heterocycles. The molecule has 6 nitrogen and oxygen atoms in total. The number of pyridine rings is 1. The Hall–Kier alpha value is -2.34. The fourth-order valence-corrected chi connectivity index (χ4v) is 2.64. The number of nitrogens with zero attached hydrogens (tertiary/aromatic N) is 2. The van der Waals surface area contributed by atoms with Gasteiger partial charge in [0, 0.05) is 18.7 Å². The van der Waals surface area contributed by atoms with Crippen molar-refractivity contribution < 1.29 is 13.9 Å². The summed E-state index contributed by atoms with van der Waals surface area (Å²) >= 11 is 0. The van der Waals surface area contributed by atoms with Crippen LogP contribution in [0.5, 0.6) is 0 Å². The summed E-state index contributed by atoms with van der Waals surface area (Å²) in [6, 6.07) is 9.00. The zero-order valence-electron chi connectivity index (χ0n) is 13.4. The summed E-state index contributed by atoms with van der Waals surface area (Å²) in [5.74, 6) is 2.22. The number of anilines is 1. The SMILES string of the molecule is CCc1ccc([C@@H]2COCCN2C(=O)Nc2cccc(C)n2)o1. The van der Waals surface area contributed by atoms with E-state index in [4.69, 9.17) is 9.15 Å². The number of morpholine rings is 1. The fraction of sp³-hybridized carbons (Fsp3) is 0.412. The molecular formula is C17H21N3O3. The summed E-state index contributed by atoms with van der Waals surface area (Å²) in [7, 11) is 0. The van der Waals surface area contributed by atoms with Crippen molar-refractivity contribution in [3.8, 4) is 0 Å². The third-order valence-electron chi connectivity index (χ3n) is 3.87. The molecule has 3 rings (SSSR count). The topological polar surface area (TPSA) is 67.6 Å². The molecule has 0 radical (unpaired) electrons. The second-order valence-corrected chi connectivity index (χ2v) is 5.54. The van der Waals surface area contributed by atoms with Gasteiger partial charge in [0.05, 0.1) is 13.2 Å². The quantitative estimate of drug-likeness (QED) is 0.945.